The van der Waals surface area contributed by atoms with E-state index < -0.39 is 17.7 Å². The van der Waals surface area contributed by atoms with Crippen molar-refractivity contribution in [3.8, 4) is 0 Å². The summed E-state index contributed by atoms with van der Waals surface area (Å²) in [7, 11) is 0. The monoisotopic (exact) mass is 415 g/mol. The van der Waals surface area contributed by atoms with Crippen molar-refractivity contribution in [3.05, 3.63) is 35.9 Å². The van der Waals surface area contributed by atoms with E-state index in [9.17, 15) is 14.4 Å². The van der Waals surface area contributed by atoms with Crippen molar-refractivity contribution in [2.45, 2.75) is 64.6 Å². The van der Waals surface area contributed by atoms with Crippen molar-refractivity contribution in [1.82, 2.24) is 15.1 Å². The van der Waals surface area contributed by atoms with Gasteiger partial charge in [0.2, 0.25) is 11.8 Å². The van der Waals surface area contributed by atoms with Crippen LogP contribution in [0, 0.1) is 5.92 Å². The van der Waals surface area contributed by atoms with Gasteiger partial charge >= 0.3 is 6.09 Å². The van der Waals surface area contributed by atoms with Gasteiger partial charge in [-0.3, -0.25) is 9.59 Å². The molecule has 2 aliphatic rings. The van der Waals surface area contributed by atoms with Gasteiger partial charge in [0, 0.05) is 32.6 Å². The fraction of sp³-hybridized carbons (Fsp3) is 0.609. The van der Waals surface area contributed by atoms with Crippen molar-refractivity contribution in [2.24, 2.45) is 5.92 Å². The molecule has 1 aromatic carbocycles. The summed E-state index contributed by atoms with van der Waals surface area (Å²) in [6, 6.07) is 9.39. The first-order valence-electron chi connectivity index (χ1n) is 10.8. The molecule has 2 saturated heterocycles. The predicted molar refractivity (Wildman–Crippen MR) is 114 cm³/mol. The number of likely N-dealkylation sites (tertiary alicyclic amines) is 2. The molecule has 1 N–H and O–H groups in total. The fourth-order valence-corrected chi connectivity index (χ4v) is 4.15. The second kappa shape index (κ2) is 9.49. The minimum atomic E-state index is -0.532. The Bertz CT molecular complexity index is 759. The highest BCUT2D eigenvalue weighted by molar-refractivity contribution is 5.91. The first-order chi connectivity index (χ1) is 14.2. The van der Waals surface area contributed by atoms with Crippen LogP contribution in [0.4, 0.5) is 4.79 Å². The highest BCUT2D eigenvalue weighted by Crippen LogP contribution is 2.25. The van der Waals surface area contributed by atoms with Crippen LogP contribution in [-0.2, 0) is 20.9 Å². The number of ether oxygens (including phenoxy) is 1. The molecule has 7 nitrogen and oxygen atoms in total. The van der Waals surface area contributed by atoms with Crippen LogP contribution in [0.25, 0.3) is 0 Å². The molecule has 2 aliphatic heterocycles. The molecule has 2 atom stereocenters. The SMILES string of the molecule is CC(C)(C)OC(=O)NC[C@@H]1CCCN(C(=O)[C@@H]2CCC(=O)N2Cc2ccccc2)C1. The van der Waals surface area contributed by atoms with Crippen LogP contribution in [0.3, 0.4) is 0 Å². The minimum absolute atomic E-state index is 0.0266. The molecule has 0 aliphatic carbocycles. The van der Waals surface area contributed by atoms with E-state index in [-0.39, 0.29) is 17.7 Å². The normalized spacial score (nSPS) is 22.2. The van der Waals surface area contributed by atoms with Gasteiger partial charge in [0.25, 0.3) is 0 Å². The van der Waals surface area contributed by atoms with Gasteiger partial charge in [-0.15, -0.1) is 0 Å². The maximum absolute atomic E-state index is 13.2. The largest absolute Gasteiger partial charge is 0.444 e. The van der Waals surface area contributed by atoms with Crippen molar-refractivity contribution in [3.63, 3.8) is 0 Å². The Morgan fingerprint density at radius 1 is 1.17 bits per heavy atom. The van der Waals surface area contributed by atoms with Gasteiger partial charge < -0.3 is 19.9 Å². The number of rotatable bonds is 5. The number of nitrogens with zero attached hydrogens (tertiary/aromatic N) is 2. The van der Waals surface area contributed by atoms with Crippen LogP contribution in [-0.4, -0.2) is 59.0 Å². The maximum Gasteiger partial charge on any atom is 0.407 e. The molecule has 30 heavy (non-hydrogen) atoms. The van der Waals surface area contributed by atoms with Crippen LogP contribution in [0.5, 0.6) is 0 Å². The number of piperidine rings is 1. The highest BCUT2D eigenvalue weighted by Gasteiger charge is 2.39. The van der Waals surface area contributed by atoms with Gasteiger partial charge in [-0.25, -0.2) is 4.79 Å². The lowest BCUT2D eigenvalue weighted by Gasteiger charge is -2.36. The molecule has 3 amide bonds. The second-order valence-electron chi connectivity index (χ2n) is 9.24. The van der Waals surface area contributed by atoms with E-state index in [0.717, 1.165) is 18.4 Å². The molecule has 1 aromatic rings. The van der Waals surface area contributed by atoms with E-state index in [0.29, 0.717) is 39.0 Å². The Labute approximate surface area is 178 Å². The fourth-order valence-electron chi connectivity index (χ4n) is 4.15. The maximum atomic E-state index is 13.2. The summed E-state index contributed by atoms with van der Waals surface area (Å²) in [4.78, 5) is 41.2. The average Bonchev–Trinajstić information content (AvgIpc) is 3.06. The highest BCUT2D eigenvalue weighted by atomic mass is 16.6. The van der Waals surface area contributed by atoms with Crippen LogP contribution < -0.4 is 5.32 Å². The molecule has 7 heteroatoms. The summed E-state index contributed by atoms with van der Waals surface area (Å²) in [5.74, 6) is 0.256. The number of carbonyl (C=O) groups excluding carboxylic acids is 3. The third-order valence-electron chi connectivity index (χ3n) is 5.57. The Morgan fingerprint density at radius 2 is 1.90 bits per heavy atom. The Morgan fingerprint density at radius 3 is 2.60 bits per heavy atom. The molecule has 0 radical (unpaired) electrons. The Kier molecular flexibility index (Phi) is 7.00. The second-order valence-corrected chi connectivity index (χ2v) is 9.24. The molecule has 0 aromatic heterocycles. The lowest BCUT2D eigenvalue weighted by Crippen LogP contribution is -2.51. The van der Waals surface area contributed by atoms with E-state index in [2.05, 4.69) is 5.32 Å². The van der Waals surface area contributed by atoms with E-state index >= 15 is 0 Å². The molecular weight excluding hydrogens is 382 g/mol. The predicted octanol–water partition coefficient (Wildman–Crippen LogP) is 2.94. The molecule has 164 valence electrons. The van der Waals surface area contributed by atoms with Crippen LogP contribution in [0.1, 0.15) is 52.0 Å². The first-order valence-corrected chi connectivity index (χ1v) is 10.8. The number of hydrogen-bond donors (Lipinski definition) is 1. The number of alkyl carbamates (subject to hydrolysis) is 1. The number of benzene rings is 1. The van der Waals surface area contributed by atoms with Gasteiger partial charge in [-0.1, -0.05) is 30.3 Å². The van der Waals surface area contributed by atoms with Gasteiger partial charge in [-0.2, -0.15) is 0 Å². The summed E-state index contributed by atoms with van der Waals surface area (Å²) in [5, 5.41) is 2.82. The van der Waals surface area contributed by atoms with Crippen LogP contribution in [0.2, 0.25) is 0 Å². The molecule has 2 fully saturated rings. The zero-order chi connectivity index (χ0) is 21.7. The lowest BCUT2D eigenvalue weighted by molar-refractivity contribution is -0.143. The topological polar surface area (TPSA) is 79.0 Å². The van der Waals surface area contributed by atoms with E-state index in [4.69, 9.17) is 4.74 Å². The lowest BCUT2D eigenvalue weighted by atomic mass is 9.97. The van der Waals surface area contributed by atoms with Crippen LogP contribution in [0.15, 0.2) is 30.3 Å². The number of hydrogen-bond acceptors (Lipinski definition) is 4. The standard InChI is InChI=1S/C23H33N3O4/c1-23(2,3)30-22(29)24-14-18-10-7-13-25(15-18)21(28)19-11-12-20(27)26(19)16-17-8-5-4-6-9-17/h4-6,8-9,18-19H,7,10-16H2,1-3H3,(H,24,29)/t18-,19-/m0/s1. The molecule has 3 rings (SSSR count). The van der Waals surface area contributed by atoms with Gasteiger partial charge in [0.1, 0.15) is 11.6 Å². The summed E-state index contributed by atoms with van der Waals surface area (Å²) in [5.41, 5.74) is 0.499. The molecule has 0 bridgehead atoms. The van der Waals surface area contributed by atoms with Gasteiger partial charge in [0.05, 0.1) is 0 Å². The average molecular weight is 416 g/mol. The minimum Gasteiger partial charge on any atom is -0.444 e. The van der Waals surface area contributed by atoms with E-state index in [1.807, 2.05) is 56.0 Å². The zero-order valence-corrected chi connectivity index (χ0v) is 18.2. The molecule has 0 saturated carbocycles. The number of amides is 3. The van der Waals surface area contributed by atoms with E-state index in [1.54, 1.807) is 4.90 Å². The molecular formula is C23H33N3O4. The van der Waals surface area contributed by atoms with E-state index in [1.165, 1.54) is 0 Å². The van der Waals surface area contributed by atoms with Crippen molar-refractivity contribution >= 4 is 17.9 Å². The number of carbonyl (C=O) groups is 3. The summed E-state index contributed by atoms with van der Waals surface area (Å²) in [6.45, 7) is 7.74. The quantitative estimate of drug-likeness (QED) is 0.802. The first kappa shape index (κ1) is 22.1. The van der Waals surface area contributed by atoms with Crippen molar-refractivity contribution in [2.75, 3.05) is 19.6 Å². The third kappa shape index (κ3) is 5.97. The zero-order valence-electron chi connectivity index (χ0n) is 18.2. The van der Waals surface area contributed by atoms with Gasteiger partial charge in [-0.05, 0) is 51.5 Å². The number of nitrogens with one attached hydrogen (secondary N) is 1. The molecule has 0 unspecified atom stereocenters. The Balaban J connectivity index is 1.56. The Hall–Kier alpha value is -2.57. The summed E-state index contributed by atoms with van der Waals surface area (Å²) >= 11 is 0. The summed E-state index contributed by atoms with van der Waals surface area (Å²) < 4.78 is 5.29. The van der Waals surface area contributed by atoms with Crippen molar-refractivity contribution < 1.29 is 19.1 Å². The molecule has 0 spiro atoms. The van der Waals surface area contributed by atoms with Gasteiger partial charge in [0.15, 0.2) is 0 Å². The molecule has 2 heterocycles. The van der Waals surface area contributed by atoms with Crippen LogP contribution >= 0.6 is 0 Å². The smallest absolute Gasteiger partial charge is 0.407 e. The third-order valence-corrected chi connectivity index (χ3v) is 5.57. The van der Waals surface area contributed by atoms with Crippen molar-refractivity contribution in [1.29, 1.82) is 0 Å². The summed E-state index contributed by atoms with van der Waals surface area (Å²) in [6.07, 6.45) is 2.41.